The molecule has 0 fully saturated rings. The summed E-state index contributed by atoms with van der Waals surface area (Å²) in [6, 6.07) is -0.366. The minimum Gasteiger partial charge on any atom is -0.371 e. The van der Waals surface area contributed by atoms with Crippen molar-refractivity contribution >= 4 is 11.6 Å². The molecule has 5 nitrogen and oxygen atoms in total. The van der Waals surface area contributed by atoms with Crippen LogP contribution in [0.25, 0.3) is 0 Å². The van der Waals surface area contributed by atoms with E-state index in [1.807, 2.05) is 0 Å². The van der Waals surface area contributed by atoms with Gasteiger partial charge in [-0.15, -0.1) is 0 Å². The summed E-state index contributed by atoms with van der Waals surface area (Å²) in [6.07, 6.45) is 3.42. The number of anilines is 1. The molecule has 0 saturated heterocycles. The average molecular weight is 168 g/mol. The first-order valence-corrected chi connectivity index (χ1v) is 3.64. The lowest BCUT2D eigenvalue weighted by molar-refractivity contribution is -0.118. The van der Waals surface area contributed by atoms with Gasteiger partial charge in [-0.05, 0) is 6.92 Å². The van der Waals surface area contributed by atoms with Gasteiger partial charge in [-0.3, -0.25) is 9.48 Å². The number of hydrogen-bond donors (Lipinski definition) is 2. The maximum absolute atomic E-state index is 10.6. The summed E-state index contributed by atoms with van der Waals surface area (Å²) in [4.78, 5) is 10.6. The third kappa shape index (κ3) is 1.98. The molecular weight excluding hydrogens is 156 g/mol. The monoisotopic (exact) mass is 168 g/mol. The van der Waals surface area contributed by atoms with Crippen LogP contribution in [0.15, 0.2) is 12.4 Å². The van der Waals surface area contributed by atoms with Crippen LogP contribution in [0.3, 0.4) is 0 Å². The van der Waals surface area contributed by atoms with Crippen LogP contribution in [0, 0.1) is 0 Å². The first kappa shape index (κ1) is 8.58. The van der Waals surface area contributed by atoms with E-state index in [9.17, 15) is 4.79 Å². The van der Waals surface area contributed by atoms with Crippen molar-refractivity contribution in [2.24, 2.45) is 12.8 Å². The molecule has 1 unspecified atom stereocenters. The Hall–Kier alpha value is -1.52. The summed E-state index contributed by atoms with van der Waals surface area (Å²) in [5.74, 6) is -0.376. The predicted octanol–water partition coefficient (Wildman–Crippen LogP) is -0.294. The molecule has 66 valence electrons. The highest BCUT2D eigenvalue weighted by atomic mass is 16.1. The van der Waals surface area contributed by atoms with E-state index >= 15 is 0 Å². The van der Waals surface area contributed by atoms with Crippen molar-refractivity contribution in [3.05, 3.63) is 12.4 Å². The van der Waals surface area contributed by atoms with E-state index in [1.165, 1.54) is 0 Å². The molecule has 0 aliphatic heterocycles. The van der Waals surface area contributed by atoms with Crippen LogP contribution in [0.4, 0.5) is 5.69 Å². The Labute approximate surface area is 70.5 Å². The molecule has 0 bridgehead atoms. The fourth-order valence-corrected chi connectivity index (χ4v) is 0.817. The number of carbonyl (C=O) groups excluding carboxylic acids is 1. The minimum atomic E-state index is -0.376. The molecule has 0 spiro atoms. The van der Waals surface area contributed by atoms with Gasteiger partial charge in [0.05, 0.1) is 11.9 Å². The molecule has 0 aliphatic rings. The van der Waals surface area contributed by atoms with Gasteiger partial charge in [0.1, 0.15) is 6.04 Å². The summed E-state index contributed by atoms with van der Waals surface area (Å²) < 4.78 is 1.65. The number of carbonyl (C=O) groups is 1. The number of nitrogens with two attached hydrogens (primary N) is 1. The zero-order valence-electron chi connectivity index (χ0n) is 7.11. The number of aromatic nitrogens is 2. The van der Waals surface area contributed by atoms with E-state index in [4.69, 9.17) is 5.73 Å². The topological polar surface area (TPSA) is 72.9 Å². The van der Waals surface area contributed by atoms with Crippen molar-refractivity contribution in [3.63, 3.8) is 0 Å². The quantitative estimate of drug-likeness (QED) is 0.651. The Morgan fingerprint density at radius 1 is 1.83 bits per heavy atom. The van der Waals surface area contributed by atoms with Gasteiger partial charge in [-0.1, -0.05) is 0 Å². The molecule has 3 N–H and O–H groups in total. The zero-order chi connectivity index (χ0) is 9.14. The summed E-state index contributed by atoms with van der Waals surface area (Å²) in [7, 11) is 1.81. The third-order valence-electron chi connectivity index (χ3n) is 1.51. The summed E-state index contributed by atoms with van der Waals surface area (Å²) in [6.45, 7) is 1.70. The van der Waals surface area contributed by atoms with Crippen LogP contribution in [0.2, 0.25) is 0 Å². The molecule has 1 aromatic rings. The first-order chi connectivity index (χ1) is 5.59. The number of rotatable bonds is 3. The second-order valence-corrected chi connectivity index (χ2v) is 2.67. The lowest BCUT2D eigenvalue weighted by atomic mass is 10.3. The van der Waals surface area contributed by atoms with Crippen molar-refractivity contribution in [2.45, 2.75) is 13.0 Å². The van der Waals surface area contributed by atoms with Crippen LogP contribution in [-0.4, -0.2) is 21.7 Å². The molecule has 1 heterocycles. The van der Waals surface area contributed by atoms with Crippen molar-refractivity contribution in [2.75, 3.05) is 5.32 Å². The van der Waals surface area contributed by atoms with E-state index in [-0.39, 0.29) is 11.9 Å². The van der Waals surface area contributed by atoms with Crippen LogP contribution in [0.5, 0.6) is 0 Å². The number of aryl methyl sites for hydroxylation is 1. The lowest BCUT2D eigenvalue weighted by Crippen LogP contribution is -2.32. The largest absolute Gasteiger partial charge is 0.371 e. The van der Waals surface area contributed by atoms with Gasteiger partial charge in [0.25, 0.3) is 0 Å². The zero-order valence-corrected chi connectivity index (χ0v) is 7.11. The van der Waals surface area contributed by atoms with E-state index in [0.717, 1.165) is 5.69 Å². The molecule has 0 aromatic carbocycles. The Morgan fingerprint density at radius 2 is 2.50 bits per heavy atom. The molecular formula is C7H12N4O. The van der Waals surface area contributed by atoms with Gasteiger partial charge in [0.15, 0.2) is 0 Å². The number of hydrogen-bond acceptors (Lipinski definition) is 3. The highest BCUT2D eigenvalue weighted by molar-refractivity contribution is 5.82. The Morgan fingerprint density at radius 3 is 2.92 bits per heavy atom. The number of amides is 1. The van der Waals surface area contributed by atoms with Gasteiger partial charge in [-0.2, -0.15) is 5.10 Å². The molecule has 0 saturated carbocycles. The SMILES string of the molecule is CC(Nc1cnn(C)c1)C(N)=O. The second-order valence-electron chi connectivity index (χ2n) is 2.67. The van der Waals surface area contributed by atoms with Crippen molar-refractivity contribution in [1.29, 1.82) is 0 Å². The van der Waals surface area contributed by atoms with Gasteiger partial charge in [0.2, 0.25) is 5.91 Å². The third-order valence-corrected chi connectivity index (χ3v) is 1.51. The highest BCUT2D eigenvalue weighted by Crippen LogP contribution is 2.04. The molecule has 1 amide bonds. The smallest absolute Gasteiger partial charge is 0.239 e. The van der Waals surface area contributed by atoms with E-state index in [1.54, 1.807) is 31.0 Å². The molecule has 1 rings (SSSR count). The highest BCUT2D eigenvalue weighted by Gasteiger charge is 2.07. The van der Waals surface area contributed by atoms with Gasteiger partial charge in [-0.25, -0.2) is 0 Å². The van der Waals surface area contributed by atoms with Crippen molar-refractivity contribution < 1.29 is 4.79 Å². The fraction of sp³-hybridized carbons (Fsp3) is 0.429. The lowest BCUT2D eigenvalue weighted by Gasteiger charge is -2.07. The number of primary amides is 1. The van der Waals surface area contributed by atoms with E-state index in [0.29, 0.717) is 0 Å². The standard InChI is InChI=1S/C7H12N4O/c1-5(7(8)12)10-6-3-9-11(2)4-6/h3-5,10H,1-2H3,(H2,8,12). The van der Waals surface area contributed by atoms with E-state index in [2.05, 4.69) is 10.4 Å². The van der Waals surface area contributed by atoms with Gasteiger partial charge >= 0.3 is 0 Å². The van der Waals surface area contributed by atoms with Crippen LogP contribution in [0.1, 0.15) is 6.92 Å². The van der Waals surface area contributed by atoms with Gasteiger partial charge < -0.3 is 11.1 Å². The Bertz CT molecular complexity index is 281. The predicted molar refractivity (Wildman–Crippen MR) is 45.5 cm³/mol. The molecule has 0 radical (unpaired) electrons. The van der Waals surface area contributed by atoms with Crippen LogP contribution < -0.4 is 11.1 Å². The number of nitrogens with zero attached hydrogens (tertiary/aromatic N) is 2. The second kappa shape index (κ2) is 3.25. The fourth-order valence-electron chi connectivity index (χ4n) is 0.817. The number of nitrogens with one attached hydrogen (secondary N) is 1. The summed E-state index contributed by atoms with van der Waals surface area (Å²) in [5, 5.41) is 6.84. The Kier molecular flexibility index (Phi) is 2.32. The molecule has 1 aromatic heterocycles. The molecule has 12 heavy (non-hydrogen) atoms. The molecule has 1 atom stereocenters. The molecule has 5 heteroatoms. The van der Waals surface area contributed by atoms with Crippen molar-refractivity contribution in [1.82, 2.24) is 9.78 Å². The minimum absolute atomic E-state index is 0.366. The summed E-state index contributed by atoms with van der Waals surface area (Å²) in [5.41, 5.74) is 5.86. The van der Waals surface area contributed by atoms with E-state index < -0.39 is 0 Å². The average Bonchev–Trinajstić information content (AvgIpc) is 2.35. The first-order valence-electron chi connectivity index (χ1n) is 3.64. The maximum atomic E-state index is 10.6. The van der Waals surface area contributed by atoms with Crippen LogP contribution >= 0.6 is 0 Å². The normalized spacial score (nSPS) is 12.5. The summed E-state index contributed by atoms with van der Waals surface area (Å²) >= 11 is 0. The molecule has 0 aliphatic carbocycles. The maximum Gasteiger partial charge on any atom is 0.239 e. The van der Waals surface area contributed by atoms with Crippen molar-refractivity contribution in [3.8, 4) is 0 Å². The van der Waals surface area contributed by atoms with Gasteiger partial charge in [0, 0.05) is 13.2 Å². The van der Waals surface area contributed by atoms with Crippen LogP contribution in [-0.2, 0) is 11.8 Å². The Balaban J connectivity index is 2.58.